The fourth-order valence-corrected chi connectivity index (χ4v) is 5.30. The number of ether oxygens (including phenoxy) is 1. The van der Waals surface area contributed by atoms with Crippen molar-refractivity contribution in [2.45, 2.75) is 4.90 Å². The highest BCUT2D eigenvalue weighted by atomic mass is 35.5. The van der Waals surface area contributed by atoms with Gasteiger partial charge in [-0.05, 0) is 30.3 Å². The third-order valence-corrected chi connectivity index (χ3v) is 7.32. The standard InChI is InChI=1S/C20H14ClN3O7S2/c1-31-15-5-3-2-4-12(15)23-33(29,30)10-6-7-11(21)14(8-10)24-18(25)16-13(22-20(24)28)9-32-17(16)19(26)27/h2-9,23H,1H3,(H,22,28)(H,26,27). The van der Waals surface area contributed by atoms with Crippen LogP contribution in [0, 0.1) is 0 Å². The van der Waals surface area contributed by atoms with Crippen LogP contribution in [0.1, 0.15) is 9.67 Å². The van der Waals surface area contributed by atoms with E-state index < -0.39 is 27.2 Å². The number of hydrogen-bond acceptors (Lipinski definition) is 7. The number of carboxylic acid groups (broad SMARTS) is 1. The summed E-state index contributed by atoms with van der Waals surface area (Å²) in [6, 6.07) is 9.82. The number of fused-ring (bicyclic) bond motifs is 1. The van der Waals surface area contributed by atoms with Crippen LogP contribution in [-0.2, 0) is 10.0 Å². The van der Waals surface area contributed by atoms with Crippen molar-refractivity contribution in [2.75, 3.05) is 11.8 Å². The smallest absolute Gasteiger partial charge is 0.346 e. The lowest BCUT2D eigenvalue weighted by Crippen LogP contribution is -2.34. The molecule has 0 radical (unpaired) electrons. The van der Waals surface area contributed by atoms with E-state index in [0.29, 0.717) is 4.57 Å². The maximum atomic E-state index is 13.1. The summed E-state index contributed by atoms with van der Waals surface area (Å²) in [4.78, 5) is 39.1. The number of benzene rings is 2. The van der Waals surface area contributed by atoms with Crippen LogP contribution in [0.5, 0.6) is 5.75 Å². The Morgan fingerprint density at radius 2 is 1.94 bits per heavy atom. The summed E-state index contributed by atoms with van der Waals surface area (Å²) in [6.45, 7) is 0. The van der Waals surface area contributed by atoms with Gasteiger partial charge in [0, 0.05) is 5.38 Å². The molecule has 0 saturated carbocycles. The van der Waals surface area contributed by atoms with E-state index in [1.807, 2.05) is 0 Å². The minimum atomic E-state index is -4.18. The molecule has 2 heterocycles. The van der Waals surface area contributed by atoms with Gasteiger partial charge >= 0.3 is 11.7 Å². The summed E-state index contributed by atoms with van der Waals surface area (Å²) in [5.74, 6) is -1.05. The fraction of sp³-hybridized carbons (Fsp3) is 0.0500. The van der Waals surface area contributed by atoms with E-state index >= 15 is 0 Å². The SMILES string of the molecule is COc1ccccc1NS(=O)(=O)c1ccc(Cl)c(-n2c(=O)[nH]c3csc(C(=O)O)c3c2=O)c1. The minimum Gasteiger partial charge on any atom is -0.495 e. The second-order valence-corrected chi connectivity index (χ2v) is 9.62. The number of hydrogen-bond donors (Lipinski definition) is 3. The molecule has 0 unspecified atom stereocenters. The second-order valence-electron chi connectivity index (χ2n) is 6.65. The lowest BCUT2D eigenvalue weighted by atomic mass is 10.2. The number of thiophene rings is 1. The normalized spacial score (nSPS) is 11.5. The number of nitrogens with zero attached hydrogens (tertiary/aromatic N) is 1. The Kier molecular flexibility index (Phi) is 5.74. The molecule has 0 aliphatic carbocycles. The first-order valence-corrected chi connectivity index (χ1v) is 11.8. The van der Waals surface area contributed by atoms with E-state index in [1.165, 1.54) is 30.7 Å². The van der Waals surface area contributed by atoms with Gasteiger partial charge in [-0.2, -0.15) is 0 Å². The number of rotatable bonds is 6. The molecule has 13 heteroatoms. The molecule has 0 bridgehead atoms. The van der Waals surface area contributed by atoms with Crippen molar-refractivity contribution < 1.29 is 23.1 Å². The Balaban J connectivity index is 1.89. The molecule has 4 rings (SSSR count). The van der Waals surface area contributed by atoms with Crippen LogP contribution in [-0.4, -0.2) is 36.2 Å². The van der Waals surface area contributed by atoms with Crippen LogP contribution >= 0.6 is 22.9 Å². The van der Waals surface area contributed by atoms with Crippen molar-refractivity contribution in [2.24, 2.45) is 0 Å². The van der Waals surface area contributed by atoms with Crippen LogP contribution in [0.2, 0.25) is 5.02 Å². The molecule has 0 aliphatic rings. The van der Waals surface area contributed by atoms with Gasteiger partial charge in [0.15, 0.2) is 0 Å². The Labute approximate surface area is 194 Å². The first kappa shape index (κ1) is 22.6. The number of nitrogens with one attached hydrogen (secondary N) is 2. The number of carbonyl (C=O) groups is 1. The van der Waals surface area contributed by atoms with Crippen molar-refractivity contribution in [1.29, 1.82) is 0 Å². The van der Waals surface area contributed by atoms with Crippen LogP contribution in [0.25, 0.3) is 16.6 Å². The van der Waals surface area contributed by atoms with Crippen LogP contribution < -0.4 is 20.7 Å². The fourth-order valence-electron chi connectivity index (χ4n) is 3.18. The minimum absolute atomic E-state index is 0.0568. The van der Waals surface area contributed by atoms with Crippen molar-refractivity contribution in [3.05, 3.63) is 78.6 Å². The Morgan fingerprint density at radius 3 is 2.64 bits per heavy atom. The first-order chi connectivity index (χ1) is 15.6. The summed E-state index contributed by atoms with van der Waals surface area (Å²) < 4.78 is 34.1. The van der Waals surface area contributed by atoms with Gasteiger partial charge in [-0.25, -0.2) is 22.6 Å². The van der Waals surface area contributed by atoms with E-state index in [4.69, 9.17) is 16.3 Å². The number of aromatic nitrogens is 2. The maximum Gasteiger partial charge on any atom is 0.346 e. The van der Waals surface area contributed by atoms with E-state index in [-0.39, 0.29) is 42.8 Å². The van der Waals surface area contributed by atoms with Gasteiger partial charge in [-0.15, -0.1) is 11.3 Å². The van der Waals surface area contributed by atoms with E-state index in [9.17, 15) is 27.9 Å². The Morgan fingerprint density at radius 1 is 1.21 bits per heavy atom. The highest BCUT2D eigenvalue weighted by molar-refractivity contribution is 7.92. The molecule has 10 nitrogen and oxygen atoms in total. The van der Waals surface area contributed by atoms with Gasteiger partial charge < -0.3 is 14.8 Å². The van der Waals surface area contributed by atoms with E-state index in [0.717, 1.165) is 17.4 Å². The van der Waals surface area contributed by atoms with Gasteiger partial charge in [0.25, 0.3) is 15.6 Å². The van der Waals surface area contributed by atoms with Crippen molar-refractivity contribution in [3.63, 3.8) is 0 Å². The van der Waals surface area contributed by atoms with E-state index in [2.05, 4.69) is 9.71 Å². The number of H-pyrrole nitrogens is 1. The topological polar surface area (TPSA) is 148 Å². The third kappa shape index (κ3) is 3.99. The van der Waals surface area contributed by atoms with E-state index in [1.54, 1.807) is 18.2 Å². The lowest BCUT2D eigenvalue weighted by Gasteiger charge is -2.13. The Hall–Kier alpha value is -3.61. The number of aromatic amines is 1. The number of aromatic carboxylic acids is 1. The van der Waals surface area contributed by atoms with Gasteiger partial charge in [-0.1, -0.05) is 23.7 Å². The van der Waals surface area contributed by atoms with Crippen LogP contribution in [0.4, 0.5) is 5.69 Å². The summed E-state index contributed by atoms with van der Waals surface area (Å²) in [7, 11) is -2.79. The van der Waals surface area contributed by atoms with Crippen molar-refractivity contribution in [3.8, 4) is 11.4 Å². The number of anilines is 1. The molecule has 0 spiro atoms. The number of carboxylic acids is 1. The van der Waals surface area contributed by atoms with Gasteiger partial charge in [0.05, 0.1) is 39.3 Å². The average molecular weight is 508 g/mol. The highest BCUT2D eigenvalue weighted by Gasteiger charge is 2.22. The maximum absolute atomic E-state index is 13.1. The summed E-state index contributed by atoms with van der Waals surface area (Å²) in [6.07, 6.45) is 0. The molecule has 2 aromatic carbocycles. The summed E-state index contributed by atoms with van der Waals surface area (Å²) in [5, 5.41) is 10.4. The molecule has 3 N–H and O–H groups in total. The second kappa shape index (κ2) is 8.39. The number of para-hydroxylation sites is 2. The zero-order chi connectivity index (χ0) is 23.9. The predicted octanol–water partition coefficient (Wildman–Crippen LogP) is 2.90. The van der Waals surface area contributed by atoms with Gasteiger partial charge in [0.1, 0.15) is 10.6 Å². The van der Waals surface area contributed by atoms with Crippen LogP contribution in [0.15, 0.2) is 62.3 Å². The quantitative estimate of drug-likeness (QED) is 0.363. The molecule has 2 aromatic heterocycles. The van der Waals surface area contributed by atoms with Crippen molar-refractivity contribution >= 4 is 55.5 Å². The molecular weight excluding hydrogens is 494 g/mol. The third-order valence-electron chi connectivity index (χ3n) is 4.67. The largest absolute Gasteiger partial charge is 0.495 e. The number of methoxy groups -OCH3 is 1. The van der Waals surface area contributed by atoms with Gasteiger partial charge in [-0.3, -0.25) is 9.52 Å². The van der Waals surface area contributed by atoms with Crippen LogP contribution in [0.3, 0.4) is 0 Å². The molecule has 0 amide bonds. The number of sulfonamides is 1. The zero-order valence-corrected chi connectivity index (χ0v) is 19.0. The summed E-state index contributed by atoms with van der Waals surface area (Å²) in [5.41, 5.74) is -1.84. The predicted molar refractivity (Wildman–Crippen MR) is 124 cm³/mol. The molecular formula is C20H14ClN3O7S2. The number of halogens is 1. The lowest BCUT2D eigenvalue weighted by molar-refractivity contribution is 0.0704. The zero-order valence-electron chi connectivity index (χ0n) is 16.7. The molecule has 0 saturated heterocycles. The average Bonchev–Trinajstić information content (AvgIpc) is 3.19. The molecule has 0 fully saturated rings. The Bertz CT molecular complexity index is 1640. The van der Waals surface area contributed by atoms with Gasteiger partial charge in [0.2, 0.25) is 0 Å². The molecule has 170 valence electrons. The molecule has 0 atom stereocenters. The summed E-state index contributed by atoms with van der Waals surface area (Å²) >= 11 is 6.98. The molecule has 4 aromatic rings. The molecule has 33 heavy (non-hydrogen) atoms. The van der Waals surface area contributed by atoms with Crippen molar-refractivity contribution in [1.82, 2.24) is 9.55 Å². The monoisotopic (exact) mass is 507 g/mol. The molecule has 0 aliphatic heterocycles. The first-order valence-electron chi connectivity index (χ1n) is 9.09. The highest BCUT2D eigenvalue weighted by Crippen LogP contribution is 2.29.